The molecule has 0 aromatic carbocycles. The zero-order valence-corrected chi connectivity index (χ0v) is 22.5. The Balaban J connectivity index is 1.54. The van der Waals surface area contributed by atoms with Gasteiger partial charge in [0.1, 0.15) is 18.2 Å². The minimum atomic E-state index is -0.531. The first-order valence-electron chi connectivity index (χ1n) is 14.8. The fraction of sp³-hybridized carbons (Fsp3) is 0.897. The van der Waals surface area contributed by atoms with Gasteiger partial charge in [-0.3, -0.25) is 9.59 Å². The van der Waals surface area contributed by atoms with Crippen LogP contribution in [-0.4, -0.2) is 36.1 Å². The van der Waals surface area contributed by atoms with Crippen molar-refractivity contribution in [3.63, 3.8) is 0 Å². The first-order valence-corrected chi connectivity index (χ1v) is 14.8. The van der Waals surface area contributed by atoms with E-state index in [-0.39, 0.29) is 36.0 Å². The number of carbonyl (C=O) groups is 3. The molecule has 2 aliphatic rings. The van der Waals surface area contributed by atoms with Crippen molar-refractivity contribution in [2.75, 3.05) is 0 Å². The van der Waals surface area contributed by atoms with Crippen molar-refractivity contribution in [2.24, 2.45) is 5.92 Å². The largest absolute Gasteiger partial charge is 0.461 e. The van der Waals surface area contributed by atoms with Gasteiger partial charge in [0.05, 0.1) is 5.92 Å². The van der Waals surface area contributed by atoms with Gasteiger partial charge in [0, 0.05) is 12.8 Å². The lowest BCUT2D eigenvalue weighted by Crippen LogP contribution is -2.47. The van der Waals surface area contributed by atoms with Crippen LogP contribution in [0.25, 0.3) is 0 Å². The van der Waals surface area contributed by atoms with Crippen molar-refractivity contribution in [3.8, 4) is 0 Å². The number of carbonyl (C=O) groups excluding carboxylic acids is 3. The predicted octanol–water partition coefficient (Wildman–Crippen LogP) is 6.78. The Hall–Kier alpha value is -1.59. The van der Waals surface area contributed by atoms with Crippen LogP contribution in [0, 0.1) is 5.92 Å². The fourth-order valence-corrected chi connectivity index (χ4v) is 5.30. The van der Waals surface area contributed by atoms with Crippen LogP contribution in [0.15, 0.2) is 0 Å². The SMILES string of the molecule is CCCCCCCCCCCCCCCCC[C@@H](C[C@@H]1OC(=O)[C@H]1CC)OC(=O)[C@H]1CCC(=O)N1. The number of unbranched alkanes of at least 4 members (excludes halogenated alkanes) is 14. The topological polar surface area (TPSA) is 81.7 Å². The van der Waals surface area contributed by atoms with Crippen molar-refractivity contribution < 1.29 is 23.9 Å². The molecule has 1 N–H and O–H groups in total. The number of rotatable bonds is 21. The Bertz CT molecular complexity index is 622. The molecule has 0 aliphatic carbocycles. The summed E-state index contributed by atoms with van der Waals surface area (Å²) in [5.41, 5.74) is 0. The van der Waals surface area contributed by atoms with Crippen molar-refractivity contribution in [1.82, 2.24) is 5.32 Å². The molecule has 2 fully saturated rings. The van der Waals surface area contributed by atoms with E-state index < -0.39 is 6.04 Å². The third kappa shape index (κ3) is 11.8. The maximum Gasteiger partial charge on any atom is 0.328 e. The third-order valence-electron chi connectivity index (χ3n) is 7.65. The summed E-state index contributed by atoms with van der Waals surface area (Å²) in [5, 5.41) is 2.69. The maximum absolute atomic E-state index is 12.5. The first kappa shape index (κ1) is 29.6. The molecule has 0 radical (unpaired) electrons. The Kier molecular flexibility index (Phi) is 15.1. The molecule has 4 atom stereocenters. The lowest BCUT2D eigenvalue weighted by molar-refractivity contribution is -0.189. The van der Waals surface area contributed by atoms with Crippen molar-refractivity contribution >= 4 is 17.8 Å². The van der Waals surface area contributed by atoms with Crippen molar-refractivity contribution in [3.05, 3.63) is 0 Å². The van der Waals surface area contributed by atoms with Gasteiger partial charge in [0.15, 0.2) is 0 Å². The smallest absolute Gasteiger partial charge is 0.328 e. The van der Waals surface area contributed by atoms with Crippen LogP contribution in [0.1, 0.15) is 142 Å². The Labute approximate surface area is 213 Å². The maximum atomic E-state index is 12.5. The normalized spacial score (nSPS) is 22.4. The van der Waals surface area contributed by atoms with E-state index in [2.05, 4.69) is 12.2 Å². The van der Waals surface area contributed by atoms with Gasteiger partial charge in [-0.2, -0.15) is 0 Å². The second-order valence-electron chi connectivity index (χ2n) is 10.7. The van der Waals surface area contributed by atoms with Gasteiger partial charge in [-0.15, -0.1) is 0 Å². The first-order chi connectivity index (χ1) is 17.0. The molecule has 2 rings (SSSR count). The molecule has 0 aromatic heterocycles. The minimum Gasteiger partial charge on any atom is -0.461 e. The van der Waals surface area contributed by atoms with Crippen LogP contribution in [0.5, 0.6) is 0 Å². The summed E-state index contributed by atoms with van der Waals surface area (Å²) in [6.45, 7) is 4.26. The van der Waals surface area contributed by atoms with E-state index in [1.807, 2.05) is 6.92 Å². The standard InChI is InChI=1S/C29H51NO5/c1-3-5-6-7-8-9-10-11-12-13-14-15-16-17-18-19-23(22-26-24(4-2)28(32)35-26)34-29(33)25-20-21-27(31)30-25/h23-26H,3-22H2,1-2H3,(H,30,31)/t23-,24-,25+,26-/m0/s1. The fourth-order valence-electron chi connectivity index (χ4n) is 5.30. The highest BCUT2D eigenvalue weighted by molar-refractivity contribution is 5.88. The van der Waals surface area contributed by atoms with E-state index in [4.69, 9.17) is 9.47 Å². The van der Waals surface area contributed by atoms with Crippen LogP contribution in [0.2, 0.25) is 0 Å². The average Bonchev–Trinajstić information content (AvgIpc) is 3.27. The average molecular weight is 494 g/mol. The number of nitrogens with one attached hydrogen (secondary N) is 1. The summed E-state index contributed by atoms with van der Waals surface area (Å²) in [7, 11) is 0. The summed E-state index contributed by atoms with van der Waals surface area (Å²) in [5.74, 6) is -0.661. The number of esters is 2. The molecular weight excluding hydrogens is 442 g/mol. The molecule has 0 spiro atoms. The van der Waals surface area contributed by atoms with Crippen molar-refractivity contribution in [2.45, 2.75) is 161 Å². The van der Waals surface area contributed by atoms with Gasteiger partial charge >= 0.3 is 11.9 Å². The Morgan fingerprint density at radius 1 is 0.886 bits per heavy atom. The molecule has 0 aromatic rings. The molecule has 0 bridgehead atoms. The molecule has 0 saturated carbocycles. The quantitative estimate of drug-likeness (QED) is 0.141. The monoisotopic (exact) mass is 493 g/mol. The van der Waals surface area contributed by atoms with Gasteiger partial charge < -0.3 is 14.8 Å². The summed E-state index contributed by atoms with van der Waals surface area (Å²) >= 11 is 0. The molecule has 35 heavy (non-hydrogen) atoms. The van der Waals surface area contributed by atoms with Gasteiger partial charge in [-0.25, -0.2) is 4.79 Å². The third-order valence-corrected chi connectivity index (χ3v) is 7.65. The molecule has 1 amide bonds. The van der Waals surface area contributed by atoms with E-state index in [0.29, 0.717) is 19.3 Å². The van der Waals surface area contributed by atoms with Crippen LogP contribution in [0.4, 0.5) is 0 Å². The van der Waals surface area contributed by atoms with E-state index >= 15 is 0 Å². The predicted molar refractivity (Wildman–Crippen MR) is 139 cm³/mol. The number of hydrogen-bond acceptors (Lipinski definition) is 5. The zero-order chi connectivity index (χ0) is 25.3. The molecule has 2 aliphatic heterocycles. The molecular formula is C29H51NO5. The van der Waals surface area contributed by atoms with Crippen molar-refractivity contribution in [1.29, 1.82) is 0 Å². The summed E-state index contributed by atoms with van der Waals surface area (Å²) < 4.78 is 11.1. The second-order valence-corrected chi connectivity index (χ2v) is 10.7. The molecule has 2 heterocycles. The summed E-state index contributed by atoms with van der Waals surface area (Å²) in [4.78, 5) is 35.6. The summed E-state index contributed by atoms with van der Waals surface area (Å²) in [6.07, 6.45) is 22.3. The summed E-state index contributed by atoms with van der Waals surface area (Å²) in [6, 6.07) is -0.531. The van der Waals surface area contributed by atoms with Gasteiger partial charge in [0.25, 0.3) is 0 Å². The zero-order valence-electron chi connectivity index (χ0n) is 22.5. The molecule has 6 nitrogen and oxygen atoms in total. The number of ether oxygens (including phenoxy) is 2. The van der Waals surface area contributed by atoms with E-state index in [1.165, 1.54) is 83.5 Å². The molecule has 0 unspecified atom stereocenters. The Morgan fingerprint density at radius 2 is 1.43 bits per heavy atom. The van der Waals surface area contributed by atoms with Crippen LogP contribution < -0.4 is 5.32 Å². The lowest BCUT2D eigenvalue weighted by atomic mass is 9.89. The molecule has 6 heteroatoms. The highest BCUT2D eigenvalue weighted by atomic mass is 16.6. The Morgan fingerprint density at radius 3 is 1.89 bits per heavy atom. The lowest BCUT2D eigenvalue weighted by Gasteiger charge is -2.36. The highest BCUT2D eigenvalue weighted by Crippen LogP contribution is 2.31. The van der Waals surface area contributed by atoms with Crippen LogP contribution in [-0.2, 0) is 23.9 Å². The number of hydrogen-bond donors (Lipinski definition) is 1. The van der Waals surface area contributed by atoms with Gasteiger partial charge in [-0.1, -0.05) is 104 Å². The number of cyclic esters (lactones) is 1. The molecule has 2 saturated heterocycles. The van der Waals surface area contributed by atoms with Crippen LogP contribution >= 0.6 is 0 Å². The van der Waals surface area contributed by atoms with E-state index in [1.54, 1.807) is 0 Å². The van der Waals surface area contributed by atoms with E-state index in [0.717, 1.165) is 25.7 Å². The highest BCUT2D eigenvalue weighted by Gasteiger charge is 2.43. The van der Waals surface area contributed by atoms with Crippen LogP contribution in [0.3, 0.4) is 0 Å². The van der Waals surface area contributed by atoms with E-state index in [9.17, 15) is 14.4 Å². The molecule has 202 valence electrons. The minimum absolute atomic E-state index is 0.0801. The second kappa shape index (κ2) is 17.8. The van der Waals surface area contributed by atoms with Gasteiger partial charge in [0.2, 0.25) is 5.91 Å². The number of amides is 1. The van der Waals surface area contributed by atoms with Gasteiger partial charge in [-0.05, 0) is 25.7 Å².